The number of hydrogen-bond donors (Lipinski definition) is 0. The van der Waals surface area contributed by atoms with Gasteiger partial charge in [0, 0.05) is 0 Å². The second-order valence-corrected chi connectivity index (χ2v) is 14.6. The Morgan fingerprint density at radius 2 is 0.489 bits per heavy atom. The smallest absolute Gasteiger partial charge is 0.0816 e. The highest BCUT2D eigenvalue weighted by Crippen LogP contribution is 2.18. The summed E-state index contributed by atoms with van der Waals surface area (Å²) in [4.78, 5) is 0. The third-order valence-electron chi connectivity index (χ3n) is 7.99. The van der Waals surface area contributed by atoms with E-state index in [4.69, 9.17) is 0 Å². The molecule has 6 aromatic carbocycles. The largest absolute Gasteiger partial charge is 0.165 e. The number of hydrogen-bond acceptors (Lipinski definition) is 0. The van der Waals surface area contributed by atoms with Crippen molar-refractivity contribution in [3.8, 4) is 0 Å². The summed E-state index contributed by atoms with van der Waals surface area (Å²) in [5.41, 5.74) is 12.1. The predicted octanol–water partition coefficient (Wildman–Crippen LogP) is 10.1. The van der Waals surface area contributed by atoms with Crippen LogP contribution in [-0.4, -0.2) is 8.07 Å². The van der Waals surface area contributed by atoms with Crippen molar-refractivity contribution < 1.29 is 0 Å². The lowest BCUT2D eigenvalue weighted by molar-refractivity contribution is 1.64. The Kier molecular flexibility index (Phi) is 9.72. The Balaban J connectivity index is 1.43. The van der Waals surface area contributed by atoms with Crippen LogP contribution in [-0.2, 0) is 0 Å². The summed E-state index contributed by atoms with van der Waals surface area (Å²) in [5, 5.41) is 2.68. The fraction of sp³-hybridized carbons (Fsp3) is 0. The minimum Gasteiger partial charge on any atom is -0.0816 e. The van der Waals surface area contributed by atoms with Crippen LogP contribution in [0.4, 0.5) is 0 Å². The van der Waals surface area contributed by atoms with Crippen LogP contribution >= 0.6 is 0 Å². The van der Waals surface area contributed by atoms with Crippen molar-refractivity contribution in [3.63, 3.8) is 0 Å². The van der Waals surface area contributed by atoms with Crippen molar-refractivity contribution in [1.29, 1.82) is 0 Å². The van der Waals surface area contributed by atoms with Crippen LogP contribution in [0.25, 0.3) is 36.5 Å². The van der Waals surface area contributed by atoms with Gasteiger partial charge in [0.05, 0.1) is 0 Å². The van der Waals surface area contributed by atoms with Crippen LogP contribution in [0.1, 0.15) is 33.4 Å². The first kappa shape index (κ1) is 29.6. The zero-order chi connectivity index (χ0) is 30.6. The summed E-state index contributed by atoms with van der Waals surface area (Å²) < 4.78 is 0. The Bertz CT molecular complexity index is 1740. The maximum absolute atomic E-state index is 2.54. The Morgan fingerprint density at radius 1 is 0.244 bits per heavy atom. The van der Waals surface area contributed by atoms with Crippen LogP contribution in [0.15, 0.2) is 181 Å². The van der Waals surface area contributed by atoms with Gasteiger partial charge in [-0.1, -0.05) is 218 Å². The second kappa shape index (κ2) is 14.8. The predicted molar refractivity (Wildman–Crippen MR) is 200 cm³/mol. The Labute approximate surface area is 268 Å². The van der Waals surface area contributed by atoms with Crippen LogP contribution in [0.2, 0.25) is 0 Å². The van der Waals surface area contributed by atoms with Crippen LogP contribution < -0.4 is 10.4 Å². The standard InChI is InChI=1S/C44H36Si/c1-5-13-37(14-6-1)21-23-41-25-29-43(30-26-41)45(35-33-39-17-9-3-10-18-39,36-34-40-19-11-4-12-20-40)44-31-27-42(28-32-44)24-22-38-15-7-2-8-16-38/h1-36H/b23-21+,24-22+,35-33+,36-34+. The monoisotopic (exact) mass is 592 g/mol. The van der Waals surface area contributed by atoms with Gasteiger partial charge in [-0.15, -0.1) is 0 Å². The van der Waals surface area contributed by atoms with Gasteiger partial charge in [0.2, 0.25) is 0 Å². The summed E-state index contributed by atoms with van der Waals surface area (Å²) >= 11 is 0. The average molecular weight is 593 g/mol. The minimum atomic E-state index is -2.54. The molecule has 0 fully saturated rings. The molecular weight excluding hydrogens is 557 g/mol. The molecule has 0 aromatic heterocycles. The van der Waals surface area contributed by atoms with Gasteiger partial charge in [-0.3, -0.25) is 0 Å². The van der Waals surface area contributed by atoms with E-state index in [1.165, 1.54) is 43.8 Å². The van der Waals surface area contributed by atoms with Crippen molar-refractivity contribution in [2.75, 3.05) is 0 Å². The SMILES string of the molecule is C(=C\c1ccc([Si](/C=C/c2ccccc2)(/C=C/c2ccccc2)c2ccc(/C=C/c3ccccc3)cc2)cc1)/c1ccccc1. The number of rotatable bonds is 10. The summed E-state index contributed by atoms with van der Waals surface area (Å²) in [7, 11) is -2.54. The molecule has 0 aliphatic carbocycles. The van der Waals surface area contributed by atoms with Gasteiger partial charge < -0.3 is 0 Å². The van der Waals surface area contributed by atoms with Gasteiger partial charge in [-0.25, -0.2) is 0 Å². The summed E-state index contributed by atoms with van der Waals surface area (Å²) in [5.74, 6) is 0. The first-order valence-electron chi connectivity index (χ1n) is 15.4. The highest BCUT2D eigenvalue weighted by Gasteiger charge is 2.32. The van der Waals surface area contributed by atoms with Gasteiger partial charge in [0.1, 0.15) is 0 Å². The van der Waals surface area contributed by atoms with Crippen molar-refractivity contribution in [2.45, 2.75) is 0 Å². The lowest BCUT2D eigenvalue weighted by Gasteiger charge is -2.27. The van der Waals surface area contributed by atoms with Crippen LogP contribution in [0.5, 0.6) is 0 Å². The van der Waals surface area contributed by atoms with Crippen molar-refractivity contribution in [3.05, 3.63) is 215 Å². The molecule has 0 spiro atoms. The molecule has 45 heavy (non-hydrogen) atoms. The van der Waals surface area contributed by atoms with Crippen LogP contribution in [0, 0.1) is 0 Å². The normalized spacial score (nSPS) is 12.1. The van der Waals surface area contributed by atoms with Crippen molar-refractivity contribution in [2.24, 2.45) is 0 Å². The molecule has 0 heterocycles. The van der Waals surface area contributed by atoms with Crippen LogP contribution in [0.3, 0.4) is 0 Å². The Hall–Kier alpha value is -5.50. The third kappa shape index (κ3) is 7.91. The average Bonchev–Trinajstić information content (AvgIpc) is 3.12. The lowest BCUT2D eigenvalue weighted by Crippen LogP contribution is -2.55. The van der Waals surface area contributed by atoms with E-state index in [2.05, 4.69) is 206 Å². The second-order valence-electron chi connectivity index (χ2n) is 11.1. The van der Waals surface area contributed by atoms with Crippen molar-refractivity contribution >= 4 is 54.9 Å². The Morgan fingerprint density at radius 3 is 0.778 bits per heavy atom. The van der Waals surface area contributed by atoms with Gasteiger partial charge in [0.25, 0.3) is 0 Å². The van der Waals surface area contributed by atoms with E-state index >= 15 is 0 Å². The van der Waals surface area contributed by atoms with Gasteiger partial charge in [0.15, 0.2) is 8.07 Å². The van der Waals surface area contributed by atoms with E-state index < -0.39 is 8.07 Å². The van der Waals surface area contributed by atoms with Gasteiger partial charge in [-0.05, 0) is 43.8 Å². The molecule has 0 atom stereocenters. The molecule has 0 aliphatic rings. The first-order valence-corrected chi connectivity index (χ1v) is 17.6. The maximum Gasteiger partial charge on any atom is 0.165 e. The zero-order valence-electron chi connectivity index (χ0n) is 25.3. The fourth-order valence-corrected chi connectivity index (χ4v) is 9.01. The molecule has 0 aliphatic heterocycles. The van der Waals surface area contributed by atoms with E-state index in [0.717, 1.165) is 0 Å². The molecule has 0 unspecified atom stereocenters. The van der Waals surface area contributed by atoms with E-state index in [1.54, 1.807) is 0 Å². The molecule has 216 valence electrons. The number of benzene rings is 6. The molecule has 0 radical (unpaired) electrons. The molecule has 1 heteroatoms. The maximum atomic E-state index is 2.48. The summed E-state index contributed by atoms with van der Waals surface area (Å²) in [6, 6.07) is 60.4. The molecule has 0 saturated carbocycles. The molecule has 0 bridgehead atoms. The lowest BCUT2D eigenvalue weighted by atomic mass is 10.1. The minimum absolute atomic E-state index is 1.19. The van der Waals surface area contributed by atoms with E-state index in [9.17, 15) is 0 Å². The first-order chi connectivity index (χ1) is 22.3. The van der Waals surface area contributed by atoms with E-state index in [-0.39, 0.29) is 0 Å². The topological polar surface area (TPSA) is 0 Å². The fourth-order valence-electron chi connectivity index (χ4n) is 5.44. The quantitative estimate of drug-likeness (QED) is 0.110. The molecule has 6 aromatic rings. The van der Waals surface area contributed by atoms with Gasteiger partial charge >= 0.3 is 0 Å². The van der Waals surface area contributed by atoms with E-state index in [0.29, 0.717) is 0 Å². The zero-order valence-corrected chi connectivity index (χ0v) is 26.3. The highest BCUT2D eigenvalue weighted by molar-refractivity contribution is 7.10. The van der Waals surface area contributed by atoms with Gasteiger partial charge in [-0.2, -0.15) is 0 Å². The molecular formula is C44H36Si. The molecule has 0 saturated heterocycles. The molecule has 6 rings (SSSR count). The molecule has 0 N–H and O–H groups in total. The summed E-state index contributed by atoms with van der Waals surface area (Å²) in [6.07, 6.45) is 13.3. The molecule has 0 amide bonds. The third-order valence-corrected chi connectivity index (χ3v) is 12.0. The van der Waals surface area contributed by atoms with Crippen molar-refractivity contribution in [1.82, 2.24) is 0 Å². The molecule has 0 nitrogen and oxygen atoms in total. The van der Waals surface area contributed by atoms with E-state index in [1.807, 2.05) is 12.1 Å². The summed E-state index contributed by atoms with van der Waals surface area (Å²) in [6.45, 7) is 0. The highest BCUT2D eigenvalue weighted by atomic mass is 28.3.